The molecule has 9 heteroatoms. The Kier molecular flexibility index (Phi) is 6.81. The fourth-order valence-electron chi connectivity index (χ4n) is 2.54. The van der Waals surface area contributed by atoms with Crippen molar-refractivity contribution in [3.8, 4) is 5.75 Å². The number of carbonyl (C=O) groups is 1. The van der Waals surface area contributed by atoms with Crippen molar-refractivity contribution in [2.45, 2.75) is 11.8 Å². The molecule has 3 aromatic rings. The maximum absolute atomic E-state index is 12.6. The molecule has 0 unspecified atom stereocenters. The lowest BCUT2D eigenvalue weighted by Crippen LogP contribution is -2.19. The van der Waals surface area contributed by atoms with Crippen LogP contribution in [0.4, 0.5) is 21.9 Å². The summed E-state index contributed by atoms with van der Waals surface area (Å²) in [5, 5.41) is 5.86. The lowest BCUT2D eigenvalue weighted by Gasteiger charge is -2.11. The molecule has 0 bridgehead atoms. The van der Waals surface area contributed by atoms with Crippen LogP contribution in [0.3, 0.4) is 0 Å². The number of ether oxygens (including phenoxy) is 1. The molecule has 0 aliphatic carbocycles. The number of benzene rings is 3. The third-order valence-electron chi connectivity index (χ3n) is 3.94. The molecule has 0 spiro atoms. The van der Waals surface area contributed by atoms with E-state index in [4.69, 9.17) is 16.3 Å². The highest BCUT2D eigenvalue weighted by Gasteiger charge is 2.14. The molecule has 0 aromatic heterocycles. The first-order valence-electron chi connectivity index (χ1n) is 9.05. The minimum absolute atomic E-state index is 0.0695. The van der Waals surface area contributed by atoms with Gasteiger partial charge in [0.15, 0.2) is 0 Å². The molecule has 0 aliphatic rings. The average molecular weight is 446 g/mol. The van der Waals surface area contributed by atoms with Crippen molar-refractivity contribution in [1.82, 2.24) is 0 Å². The van der Waals surface area contributed by atoms with Crippen LogP contribution in [-0.4, -0.2) is 21.1 Å². The lowest BCUT2D eigenvalue weighted by atomic mass is 10.3. The molecule has 30 heavy (non-hydrogen) atoms. The zero-order valence-corrected chi connectivity index (χ0v) is 17.6. The van der Waals surface area contributed by atoms with Gasteiger partial charge >= 0.3 is 6.03 Å². The number of carbonyl (C=O) groups excluding carboxylic acids is 1. The number of hydrogen-bond acceptors (Lipinski definition) is 4. The summed E-state index contributed by atoms with van der Waals surface area (Å²) in [7, 11) is -3.77. The van der Waals surface area contributed by atoms with Crippen LogP contribution in [0.2, 0.25) is 5.02 Å². The zero-order chi connectivity index (χ0) is 21.6. The zero-order valence-electron chi connectivity index (χ0n) is 16.1. The van der Waals surface area contributed by atoms with Crippen molar-refractivity contribution in [3.63, 3.8) is 0 Å². The highest BCUT2D eigenvalue weighted by Crippen LogP contribution is 2.21. The number of hydrogen-bond donors (Lipinski definition) is 3. The largest absolute Gasteiger partial charge is 0.494 e. The van der Waals surface area contributed by atoms with Gasteiger partial charge in [-0.3, -0.25) is 4.72 Å². The Hall–Kier alpha value is -3.23. The van der Waals surface area contributed by atoms with Gasteiger partial charge in [-0.15, -0.1) is 0 Å². The number of amides is 2. The normalized spacial score (nSPS) is 10.9. The van der Waals surface area contributed by atoms with Gasteiger partial charge in [0.05, 0.1) is 11.5 Å². The Morgan fingerprint density at radius 1 is 0.833 bits per heavy atom. The van der Waals surface area contributed by atoms with Gasteiger partial charge in [0, 0.05) is 22.1 Å². The molecular weight excluding hydrogens is 426 g/mol. The number of sulfonamides is 1. The molecule has 7 nitrogen and oxygen atoms in total. The van der Waals surface area contributed by atoms with Crippen LogP contribution in [0, 0.1) is 0 Å². The van der Waals surface area contributed by atoms with Gasteiger partial charge in [-0.1, -0.05) is 11.6 Å². The summed E-state index contributed by atoms with van der Waals surface area (Å²) in [6, 6.07) is 18.7. The summed E-state index contributed by atoms with van der Waals surface area (Å²) in [5.74, 6) is 0.660. The maximum atomic E-state index is 12.6. The molecule has 2 amide bonds. The van der Waals surface area contributed by atoms with Crippen LogP contribution < -0.4 is 20.1 Å². The number of nitrogens with one attached hydrogen (secondary N) is 3. The summed E-state index contributed by atoms with van der Waals surface area (Å²) in [6.45, 7) is 2.40. The average Bonchev–Trinajstić information content (AvgIpc) is 2.71. The molecule has 0 radical (unpaired) electrons. The molecule has 3 N–H and O–H groups in total. The third-order valence-corrected chi connectivity index (χ3v) is 5.59. The number of rotatable bonds is 7. The van der Waals surface area contributed by atoms with Crippen molar-refractivity contribution < 1.29 is 17.9 Å². The van der Waals surface area contributed by atoms with Crippen LogP contribution in [0.1, 0.15) is 6.92 Å². The predicted molar refractivity (Wildman–Crippen MR) is 119 cm³/mol. The van der Waals surface area contributed by atoms with Gasteiger partial charge in [-0.2, -0.15) is 0 Å². The van der Waals surface area contributed by atoms with Gasteiger partial charge < -0.3 is 15.4 Å². The number of anilines is 3. The van der Waals surface area contributed by atoms with Crippen LogP contribution in [0.25, 0.3) is 0 Å². The summed E-state index contributed by atoms with van der Waals surface area (Å²) in [4.78, 5) is 12.1. The van der Waals surface area contributed by atoms with Gasteiger partial charge in [0.2, 0.25) is 0 Å². The number of urea groups is 1. The van der Waals surface area contributed by atoms with Crippen molar-refractivity contribution in [1.29, 1.82) is 0 Å². The highest BCUT2D eigenvalue weighted by molar-refractivity contribution is 7.92. The van der Waals surface area contributed by atoms with Crippen molar-refractivity contribution >= 4 is 44.7 Å². The molecule has 3 rings (SSSR count). The SMILES string of the molecule is CCOc1ccc(NS(=O)(=O)c2ccc(NC(=O)Nc3ccc(Cl)cc3)cc2)cc1. The van der Waals surface area contributed by atoms with Crippen LogP contribution in [-0.2, 0) is 10.0 Å². The molecule has 0 atom stereocenters. The first-order chi connectivity index (χ1) is 14.4. The van der Waals surface area contributed by atoms with E-state index in [1.807, 2.05) is 6.92 Å². The Morgan fingerprint density at radius 2 is 1.33 bits per heavy atom. The minimum Gasteiger partial charge on any atom is -0.494 e. The fourth-order valence-corrected chi connectivity index (χ4v) is 3.73. The molecule has 0 saturated heterocycles. The lowest BCUT2D eigenvalue weighted by molar-refractivity contribution is 0.262. The highest BCUT2D eigenvalue weighted by atomic mass is 35.5. The first kappa shape index (κ1) is 21.5. The molecule has 0 saturated carbocycles. The summed E-state index contributed by atoms with van der Waals surface area (Å²) < 4.78 is 33.0. The molecular formula is C21H20ClN3O4S. The van der Waals surface area contributed by atoms with Crippen molar-refractivity contribution in [3.05, 3.63) is 77.8 Å². The van der Waals surface area contributed by atoms with E-state index in [0.29, 0.717) is 34.4 Å². The van der Waals surface area contributed by atoms with Gasteiger partial charge in [-0.05, 0) is 79.7 Å². The van der Waals surface area contributed by atoms with Crippen LogP contribution >= 0.6 is 11.6 Å². The van der Waals surface area contributed by atoms with E-state index in [9.17, 15) is 13.2 Å². The Morgan fingerprint density at radius 3 is 1.87 bits per heavy atom. The Balaban J connectivity index is 1.62. The third kappa shape index (κ3) is 5.88. The van der Waals surface area contributed by atoms with E-state index in [0.717, 1.165) is 0 Å². The van der Waals surface area contributed by atoms with Crippen molar-refractivity contribution in [2.75, 3.05) is 22.0 Å². The van der Waals surface area contributed by atoms with E-state index in [1.54, 1.807) is 48.5 Å². The van der Waals surface area contributed by atoms with E-state index < -0.39 is 16.1 Å². The second-order valence-corrected chi connectivity index (χ2v) is 8.29. The maximum Gasteiger partial charge on any atom is 0.323 e. The molecule has 0 aliphatic heterocycles. The van der Waals surface area contributed by atoms with Gasteiger partial charge in [0.1, 0.15) is 5.75 Å². The fraction of sp³-hybridized carbons (Fsp3) is 0.0952. The molecule has 3 aromatic carbocycles. The van der Waals surface area contributed by atoms with E-state index >= 15 is 0 Å². The summed E-state index contributed by atoms with van der Waals surface area (Å²) in [6.07, 6.45) is 0. The van der Waals surface area contributed by atoms with E-state index in [1.165, 1.54) is 24.3 Å². The predicted octanol–water partition coefficient (Wildman–Crippen LogP) is 5.18. The van der Waals surface area contributed by atoms with Crippen LogP contribution in [0.15, 0.2) is 77.7 Å². The van der Waals surface area contributed by atoms with Gasteiger partial charge in [0.25, 0.3) is 10.0 Å². The summed E-state index contributed by atoms with van der Waals surface area (Å²) >= 11 is 5.81. The quantitative estimate of drug-likeness (QED) is 0.466. The number of halogens is 1. The standard InChI is InChI=1S/C21H20ClN3O4S/c1-2-29-19-11-7-18(8-12-19)25-30(27,28)20-13-9-17(10-14-20)24-21(26)23-16-5-3-15(22)4-6-16/h3-14,25H,2H2,1H3,(H2,23,24,26). The van der Waals surface area contributed by atoms with E-state index in [2.05, 4.69) is 15.4 Å². The van der Waals surface area contributed by atoms with Crippen LogP contribution in [0.5, 0.6) is 5.75 Å². The Labute approximate surface area is 180 Å². The van der Waals surface area contributed by atoms with E-state index in [-0.39, 0.29) is 4.90 Å². The topological polar surface area (TPSA) is 96.5 Å². The second kappa shape index (κ2) is 9.51. The monoisotopic (exact) mass is 445 g/mol. The molecule has 0 heterocycles. The van der Waals surface area contributed by atoms with Gasteiger partial charge in [-0.25, -0.2) is 13.2 Å². The Bertz CT molecular complexity index is 1100. The summed E-state index contributed by atoms with van der Waals surface area (Å²) in [5.41, 5.74) is 1.44. The molecule has 156 valence electrons. The first-order valence-corrected chi connectivity index (χ1v) is 10.9. The molecule has 0 fully saturated rings. The smallest absolute Gasteiger partial charge is 0.323 e. The minimum atomic E-state index is -3.77. The second-order valence-electron chi connectivity index (χ2n) is 6.17. The van der Waals surface area contributed by atoms with Crippen molar-refractivity contribution in [2.24, 2.45) is 0 Å².